The lowest BCUT2D eigenvalue weighted by atomic mass is 9.74. The highest BCUT2D eigenvalue weighted by Gasteiger charge is 2.35. The van der Waals surface area contributed by atoms with Crippen LogP contribution in [0.2, 0.25) is 5.02 Å². The van der Waals surface area contributed by atoms with Crippen molar-refractivity contribution in [3.63, 3.8) is 0 Å². The zero-order valence-electron chi connectivity index (χ0n) is 21.7. The van der Waals surface area contributed by atoms with Gasteiger partial charge in [-0.25, -0.2) is 0 Å². The highest BCUT2D eigenvalue weighted by molar-refractivity contribution is 7.80. The number of piperidine rings is 1. The lowest BCUT2D eigenvalue weighted by Gasteiger charge is -2.38. The van der Waals surface area contributed by atoms with Gasteiger partial charge in [0.15, 0.2) is 5.11 Å². The second-order valence-electron chi connectivity index (χ2n) is 10.1. The van der Waals surface area contributed by atoms with Gasteiger partial charge in [-0.05, 0) is 81.1 Å². The Morgan fingerprint density at radius 1 is 1.11 bits per heavy atom. The molecule has 3 aromatic rings. The summed E-state index contributed by atoms with van der Waals surface area (Å²) < 4.78 is 11.8. The van der Waals surface area contributed by atoms with Gasteiger partial charge in [0.25, 0.3) is 0 Å². The van der Waals surface area contributed by atoms with Crippen LogP contribution in [0.25, 0.3) is 0 Å². The number of benzene rings is 2. The molecule has 2 saturated heterocycles. The van der Waals surface area contributed by atoms with Gasteiger partial charge in [-0.15, -0.1) is 0 Å². The molecule has 38 heavy (non-hydrogen) atoms. The lowest BCUT2D eigenvalue weighted by Crippen LogP contribution is -2.45. The minimum atomic E-state index is -0.123. The number of hydrogen-bond acceptors (Lipinski definition) is 6. The largest absolute Gasteiger partial charge is 0.439 e. The van der Waals surface area contributed by atoms with Gasteiger partial charge >= 0.3 is 0 Å². The molecule has 2 aliphatic rings. The summed E-state index contributed by atoms with van der Waals surface area (Å²) in [4.78, 5) is 11.8. The summed E-state index contributed by atoms with van der Waals surface area (Å²) in [6.07, 6.45) is 5.28. The number of rotatable bonds is 7. The first-order valence-electron chi connectivity index (χ1n) is 13.3. The van der Waals surface area contributed by atoms with E-state index in [4.69, 9.17) is 38.3 Å². The Morgan fingerprint density at radius 2 is 1.92 bits per heavy atom. The average Bonchev–Trinajstić information content (AvgIpc) is 2.93. The molecule has 0 bridgehead atoms. The number of anilines is 2. The van der Waals surface area contributed by atoms with Crippen LogP contribution in [-0.4, -0.2) is 47.4 Å². The summed E-state index contributed by atoms with van der Waals surface area (Å²) >= 11 is 12.0. The third-order valence-corrected chi connectivity index (χ3v) is 7.93. The molecule has 0 unspecified atom stereocenters. The molecule has 2 fully saturated rings. The summed E-state index contributed by atoms with van der Waals surface area (Å²) in [5.41, 5.74) is 1.07. The molecular weight excluding hydrogens is 518 g/mol. The number of nitrogens with one attached hydrogen (secondary N) is 2. The lowest BCUT2D eigenvalue weighted by molar-refractivity contribution is 0.0515. The van der Waals surface area contributed by atoms with E-state index < -0.39 is 0 Å². The van der Waals surface area contributed by atoms with E-state index in [-0.39, 0.29) is 5.41 Å². The zero-order chi connectivity index (χ0) is 26.4. The number of para-hydroxylation sites is 1. The molecule has 0 spiro atoms. The van der Waals surface area contributed by atoms with E-state index in [0.717, 1.165) is 48.8 Å². The summed E-state index contributed by atoms with van der Waals surface area (Å²) in [6, 6.07) is 20.0. The quantitative estimate of drug-likeness (QED) is 0.330. The average molecular weight is 552 g/mol. The molecule has 3 heterocycles. The van der Waals surface area contributed by atoms with E-state index in [0.29, 0.717) is 42.7 Å². The van der Waals surface area contributed by atoms with Gasteiger partial charge in [-0.2, -0.15) is 9.97 Å². The number of halogens is 1. The fourth-order valence-corrected chi connectivity index (χ4v) is 5.61. The Kier molecular flexibility index (Phi) is 8.61. The number of thiocarbonyl (C=S) groups is 1. The van der Waals surface area contributed by atoms with Crippen molar-refractivity contribution >= 4 is 40.7 Å². The second-order valence-corrected chi connectivity index (χ2v) is 10.9. The highest BCUT2D eigenvalue weighted by Crippen LogP contribution is 2.35. The first-order valence-corrected chi connectivity index (χ1v) is 14.1. The van der Waals surface area contributed by atoms with Gasteiger partial charge in [-0.1, -0.05) is 41.9 Å². The van der Waals surface area contributed by atoms with Gasteiger partial charge in [-0.3, -0.25) is 0 Å². The smallest absolute Gasteiger partial charge is 0.234 e. The number of hydrogen-bond donors (Lipinski definition) is 2. The van der Waals surface area contributed by atoms with E-state index in [1.165, 1.54) is 12.0 Å². The SMILES string of the molecule is C[C@@H]1CCCCN1c1cc(Oc2ccccc2)nc(NC(=S)NCC2(c3cccc(Cl)c3)CCOCC2)n1. The van der Waals surface area contributed by atoms with Crippen LogP contribution in [0.4, 0.5) is 11.8 Å². The molecule has 9 heteroatoms. The summed E-state index contributed by atoms with van der Waals surface area (Å²) in [7, 11) is 0. The second kappa shape index (κ2) is 12.3. The van der Waals surface area contributed by atoms with Crippen LogP contribution < -0.4 is 20.3 Å². The van der Waals surface area contributed by atoms with Crippen molar-refractivity contribution in [1.29, 1.82) is 0 Å². The predicted octanol–water partition coefficient (Wildman–Crippen LogP) is 6.34. The van der Waals surface area contributed by atoms with E-state index in [1.807, 2.05) is 54.6 Å². The molecule has 1 aromatic heterocycles. The van der Waals surface area contributed by atoms with Crippen molar-refractivity contribution in [2.24, 2.45) is 0 Å². The van der Waals surface area contributed by atoms with Gasteiger partial charge in [0.1, 0.15) is 11.6 Å². The van der Waals surface area contributed by atoms with Crippen molar-refractivity contribution in [1.82, 2.24) is 15.3 Å². The zero-order valence-corrected chi connectivity index (χ0v) is 23.2. The fraction of sp³-hybridized carbons (Fsp3) is 0.414. The topological polar surface area (TPSA) is 71.5 Å². The maximum absolute atomic E-state index is 6.34. The molecule has 0 aliphatic carbocycles. The van der Waals surface area contributed by atoms with Crippen molar-refractivity contribution in [3.05, 3.63) is 71.2 Å². The molecule has 2 aromatic carbocycles. The number of ether oxygens (including phenoxy) is 2. The monoisotopic (exact) mass is 551 g/mol. The molecule has 2 N–H and O–H groups in total. The summed E-state index contributed by atoms with van der Waals surface area (Å²) in [5.74, 6) is 2.44. The van der Waals surface area contributed by atoms with Gasteiger partial charge in [0.05, 0.1) is 0 Å². The molecule has 2 aliphatic heterocycles. The summed E-state index contributed by atoms with van der Waals surface area (Å²) in [5, 5.41) is 7.84. The van der Waals surface area contributed by atoms with Crippen LogP contribution in [0.15, 0.2) is 60.7 Å². The Labute approximate surface area is 234 Å². The van der Waals surface area contributed by atoms with Crippen LogP contribution in [0, 0.1) is 0 Å². The van der Waals surface area contributed by atoms with E-state index >= 15 is 0 Å². The van der Waals surface area contributed by atoms with Crippen molar-refractivity contribution < 1.29 is 9.47 Å². The van der Waals surface area contributed by atoms with Crippen LogP contribution >= 0.6 is 23.8 Å². The van der Waals surface area contributed by atoms with Gasteiger partial charge in [0, 0.05) is 48.8 Å². The van der Waals surface area contributed by atoms with E-state index in [9.17, 15) is 0 Å². The Balaban J connectivity index is 1.34. The Hall–Kier alpha value is -2.94. The minimum absolute atomic E-state index is 0.123. The van der Waals surface area contributed by atoms with Crippen molar-refractivity contribution in [2.45, 2.75) is 50.5 Å². The molecule has 0 radical (unpaired) electrons. The number of nitrogens with zero attached hydrogens (tertiary/aromatic N) is 3. The maximum Gasteiger partial charge on any atom is 0.234 e. The van der Waals surface area contributed by atoms with Crippen LogP contribution in [-0.2, 0) is 10.2 Å². The van der Waals surface area contributed by atoms with Crippen LogP contribution in [0.5, 0.6) is 11.6 Å². The molecule has 200 valence electrons. The molecule has 7 nitrogen and oxygen atoms in total. The highest BCUT2D eigenvalue weighted by atomic mass is 35.5. The third kappa shape index (κ3) is 6.54. The normalized spacial score (nSPS) is 19.0. The van der Waals surface area contributed by atoms with Crippen molar-refractivity contribution in [3.8, 4) is 11.6 Å². The van der Waals surface area contributed by atoms with Gasteiger partial charge in [0.2, 0.25) is 11.8 Å². The Morgan fingerprint density at radius 3 is 2.68 bits per heavy atom. The van der Waals surface area contributed by atoms with Gasteiger partial charge < -0.3 is 25.0 Å². The first kappa shape index (κ1) is 26.7. The van der Waals surface area contributed by atoms with Crippen molar-refractivity contribution in [2.75, 3.05) is 36.5 Å². The maximum atomic E-state index is 6.34. The third-order valence-electron chi connectivity index (χ3n) is 7.45. The molecular formula is C29H34ClN5O2S. The fourth-order valence-electron chi connectivity index (χ4n) is 5.26. The summed E-state index contributed by atoms with van der Waals surface area (Å²) in [6.45, 7) is 5.25. The Bertz CT molecular complexity index is 1240. The van der Waals surface area contributed by atoms with Crippen LogP contribution in [0.3, 0.4) is 0 Å². The molecule has 1 atom stereocenters. The standard InChI is InChI=1S/C29H34ClN5O2S/c1-21-8-5-6-15-35(21)25-19-26(37-24-11-3-2-4-12-24)33-27(32-25)34-28(38)31-20-29(13-16-36-17-14-29)22-9-7-10-23(30)18-22/h2-4,7,9-12,18-19,21H,5-6,8,13-17,20H2,1H3,(H2,31,32,33,34,38)/t21-/m1/s1. The minimum Gasteiger partial charge on any atom is -0.439 e. The predicted molar refractivity (Wildman–Crippen MR) is 157 cm³/mol. The number of aromatic nitrogens is 2. The van der Waals surface area contributed by atoms with E-state index in [2.05, 4.69) is 33.5 Å². The van der Waals surface area contributed by atoms with Crippen LogP contribution in [0.1, 0.15) is 44.6 Å². The van der Waals surface area contributed by atoms with E-state index in [1.54, 1.807) is 0 Å². The molecule has 0 saturated carbocycles. The first-order chi connectivity index (χ1) is 18.5. The molecule has 0 amide bonds. The molecule has 5 rings (SSSR count).